The number of piperazine rings is 1. The van der Waals surface area contributed by atoms with E-state index in [1.54, 1.807) is 0 Å². The fourth-order valence-electron chi connectivity index (χ4n) is 3.98. The number of carbonyl (C=O) groups is 2. The van der Waals surface area contributed by atoms with Gasteiger partial charge in [0.2, 0.25) is 5.91 Å². The highest BCUT2D eigenvalue weighted by Gasteiger charge is 2.25. The predicted molar refractivity (Wildman–Crippen MR) is 108 cm³/mol. The molecular formula is C22H33N3O2. The van der Waals surface area contributed by atoms with E-state index in [0.29, 0.717) is 44.6 Å². The van der Waals surface area contributed by atoms with E-state index in [4.69, 9.17) is 0 Å². The van der Waals surface area contributed by atoms with Gasteiger partial charge in [0.25, 0.3) is 0 Å². The lowest BCUT2D eigenvalue weighted by Gasteiger charge is -2.36. The highest BCUT2D eigenvalue weighted by molar-refractivity contribution is 5.79. The third-order valence-corrected chi connectivity index (χ3v) is 5.85. The van der Waals surface area contributed by atoms with Gasteiger partial charge in [0.05, 0.1) is 6.42 Å². The van der Waals surface area contributed by atoms with Crippen molar-refractivity contribution in [3.05, 3.63) is 35.4 Å². The third kappa shape index (κ3) is 5.47. The Balaban J connectivity index is 1.43. The molecule has 5 heteroatoms. The van der Waals surface area contributed by atoms with Gasteiger partial charge >= 0.3 is 6.03 Å². The average molecular weight is 372 g/mol. The van der Waals surface area contributed by atoms with Crippen LogP contribution in [0, 0.1) is 0 Å². The van der Waals surface area contributed by atoms with Crippen molar-refractivity contribution in [3.63, 3.8) is 0 Å². The van der Waals surface area contributed by atoms with Gasteiger partial charge in [0.15, 0.2) is 0 Å². The van der Waals surface area contributed by atoms with Gasteiger partial charge in [0, 0.05) is 32.2 Å². The fraction of sp³-hybridized carbons (Fsp3) is 0.636. The summed E-state index contributed by atoms with van der Waals surface area (Å²) in [7, 11) is 0. The lowest BCUT2D eigenvalue weighted by molar-refractivity contribution is -0.131. The van der Waals surface area contributed by atoms with Gasteiger partial charge in [-0.15, -0.1) is 0 Å². The van der Waals surface area contributed by atoms with E-state index in [2.05, 4.69) is 43.4 Å². The Labute approximate surface area is 163 Å². The van der Waals surface area contributed by atoms with Crippen LogP contribution in [0.25, 0.3) is 0 Å². The van der Waals surface area contributed by atoms with Crippen LogP contribution in [0.2, 0.25) is 0 Å². The first-order valence-corrected chi connectivity index (χ1v) is 10.4. The van der Waals surface area contributed by atoms with Crippen molar-refractivity contribution in [3.8, 4) is 0 Å². The molecule has 3 amide bonds. The zero-order chi connectivity index (χ0) is 19.2. The second-order valence-corrected chi connectivity index (χ2v) is 8.23. The zero-order valence-electron chi connectivity index (χ0n) is 16.7. The molecule has 0 spiro atoms. The van der Waals surface area contributed by atoms with Crippen molar-refractivity contribution >= 4 is 11.9 Å². The summed E-state index contributed by atoms with van der Waals surface area (Å²) in [6.07, 6.45) is 6.34. The smallest absolute Gasteiger partial charge is 0.317 e. The normalized spacial score (nSPS) is 18.6. The SMILES string of the molecule is CC(C)c1ccc(CC(=O)N2CCN(C(=O)NC3CCCCC3)CC2)cc1. The number of amides is 3. The van der Waals surface area contributed by atoms with E-state index < -0.39 is 0 Å². The van der Waals surface area contributed by atoms with Crippen molar-refractivity contribution in [2.24, 2.45) is 0 Å². The van der Waals surface area contributed by atoms with Crippen LogP contribution in [0.15, 0.2) is 24.3 Å². The minimum Gasteiger partial charge on any atom is -0.339 e. The van der Waals surface area contributed by atoms with Gasteiger partial charge in [-0.05, 0) is 29.9 Å². The third-order valence-electron chi connectivity index (χ3n) is 5.85. The van der Waals surface area contributed by atoms with E-state index in [1.165, 1.54) is 24.8 Å². The van der Waals surface area contributed by atoms with Crippen LogP contribution in [0.5, 0.6) is 0 Å². The average Bonchev–Trinajstić information content (AvgIpc) is 2.69. The lowest BCUT2D eigenvalue weighted by atomic mass is 9.96. The van der Waals surface area contributed by atoms with Gasteiger partial charge in [-0.1, -0.05) is 57.4 Å². The maximum absolute atomic E-state index is 12.6. The number of nitrogens with one attached hydrogen (secondary N) is 1. The number of nitrogens with zero attached hydrogens (tertiary/aromatic N) is 2. The van der Waals surface area contributed by atoms with Gasteiger partial charge < -0.3 is 15.1 Å². The number of rotatable bonds is 4. The first-order valence-electron chi connectivity index (χ1n) is 10.4. The molecule has 1 heterocycles. The molecular weight excluding hydrogens is 338 g/mol. The van der Waals surface area contributed by atoms with Crippen molar-refractivity contribution < 1.29 is 9.59 Å². The van der Waals surface area contributed by atoms with Crippen LogP contribution < -0.4 is 5.32 Å². The molecule has 0 bridgehead atoms. The zero-order valence-corrected chi connectivity index (χ0v) is 16.7. The molecule has 3 rings (SSSR count). The lowest BCUT2D eigenvalue weighted by Crippen LogP contribution is -2.54. The second kappa shape index (κ2) is 9.25. The number of urea groups is 1. The van der Waals surface area contributed by atoms with Gasteiger partial charge in [0.1, 0.15) is 0 Å². The Kier molecular flexibility index (Phi) is 6.75. The van der Waals surface area contributed by atoms with Crippen molar-refractivity contribution in [2.75, 3.05) is 26.2 Å². The van der Waals surface area contributed by atoms with Gasteiger partial charge in [-0.25, -0.2) is 4.79 Å². The maximum Gasteiger partial charge on any atom is 0.317 e. The molecule has 148 valence electrons. The van der Waals surface area contributed by atoms with Crippen LogP contribution >= 0.6 is 0 Å². The predicted octanol–water partition coefficient (Wildman–Crippen LogP) is 3.54. The number of benzene rings is 1. The summed E-state index contributed by atoms with van der Waals surface area (Å²) in [6, 6.07) is 8.71. The van der Waals surface area contributed by atoms with Crippen LogP contribution in [-0.4, -0.2) is 54.0 Å². The number of carbonyl (C=O) groups excluding carboxylic acids is 2. The van der Waals surface area contributed by atoms with Crippen LogP contribution in [0.1, 0.15) is 63.0 Å². The van der Waals surface area contributed by atoms with Crippen LogP contribution in [0.3, 0.4) is 0 Å². The summed E-state index contributed by atoms with van der Waals surface area (Å²) in [5, 5.41) is 3.17. The molecule has 2 fully saturated rings. The Morgan fingerprint density at radius 1 is 0.963 bits per heavy atom. The molecule has 1 aromatic rings. The Bertz CT molecular complexity index is 627. The molecule has 0 aromatic heterocycles. The minimum atomic E-state index is 0.0401. The van der Waals surface area contributed by atoms with Crippen molar-refractivity contribution in [1.82, 2.24) is 15.1 Å². The minimum absolute atomic E-state index is 0.0401. The Morgan fingerprint density at radius 3 is 2.15 bits per heavy atom. The van der Waals surface area contributed by atoms with Crippen molar-refractivity contribution in [2.45, 2.75) is 64.3 Å². The van der Waals surface area contributed by atoms with Crippen molar-refractivity contribution in [1.29, 1.82) is 0 Å². The Morgan fingerprint density at radius 2 is 1.56 bits per heavy atom. The molecule has 2 aliphatic rings. The molecule has 0 radical (unpaired) electrons. The molecule has 1 saturated carbocycles. The maximum atomic E-state index is 12.6. The molecule has 1 saturated heterocycles. The summed E-state index contributed by atoms with van der Waals surface area (Å²) in [6.45, 7) is 6.84. The van der Waals surface area contributed by atoms with E-state index in [0.717, 1.165) is 18.4 Å². The Hall–Kier alpha value is -2.04. The topological polar surface area (TPSA) is 52.7 Å². The summed E-state index contributed by atoms with van der Waals surface area (Å²) >= 11 is 0. The first-order chi connectivity index (χ1) is 13.0. The first kappa shape index (κ1) is 19.7. The molecule has 1 aromatic carbocycles. The monoisotopic (exact) mass is 371 g/mol. The highest BCUT2D eigenvalue weighted by atomic mass is 16.2. The second-order valence-electron chi connectivity index (χ2n) is 8.23. The van der Waals surface area contributed by atoms with E-state index in [-0.39, 0.29) is 11.9 Å². The largest absolute Gasteiger partial charge is 0.339 e. The molecule has 5 nitrogen and oxygen atoms in total. The number of hydrogen-bond donors (Lipinski definition) is 1. The molecule has 0 unspecified atom stereocenters. The fourth-order valence-corrected chi connectivity index (χ4v) is 3.98. The summed E-state index contributed by atoms with van der Waals surface area (Å²) < 4.78 is 0. The summed E-state index contributed by atoms with van der Waals surface area (Å²) in [4.78, 5) is 28.8. The number of hydrogen-bond acceptors (Lipinski definition) is 2. The standard InChI is InChI=1S/C22H33N3O2/c1-17(2)19-10-8-18(9-11-19)16-21(26)24-12-14-25(15-13-24)22(27)23-20-6-4-3-5-7-20/h8-11,17,20H,3-7,12-16H2,1-2H3,(H,23,27). The molecule has 1 aliphatic carbocycles. The van der Waals surface area contributed by atoms with Crippen LogP contribution in [0.4, 0.5) is 4.79 Å². The van der Waals surface area contributed by atoms with E-state index >= 15 is 0 Å². The summed E-state index contributed by atoms with van der Waals surface area (Å²) in [5.74, 6) is 0.655. The van der Waals surface area contributed by atoms with Gasteiger partial charge in [-0.2, -0.15) is 0 Å². The van der Waals surface area contributed by atoms with E-state index in [1.807, 2.05) is 9.80 Å². The quantitative estimate of drug-likeness (QED) is 0.880. The molecule has 1 aliphatic heterocycles. The molecule has 1 N–H and O–H groups in total. The van der Waals surface area contributed by atoms with E-state index in [9.17, 15) is 9.59 Å². The highest BCUT2D eigenvalue weighted by Crippen LogP contribution is 2.18. The molecule has 27 heavy (non-hydrogen) atoms. The summed E-state index contributed by atoms with van der Waals surface area (Å²) in [5.41, 5.74) is 2.35. The molecule has 0 atom stereocenters. The van der Waals surface area contributed by atoms with Gasteiger partial charge in [-0.3, -0.25) is 4.79 Å². The van der Waals surface area contributed by atoms with Crippen LogP contribution in [-0.2, 0) is 11.2 Å².